The minimum atomic E-state index is -1.27. The van der Waals surface area contributed by atoms with E-state index in [2.05, 4.69) is 5.32 Å². The van der Waals surface area contributed by atoms with Gasteiger partial charge in [0.2, 0.25) is 5.43 Å². The van der Waals surface area contributed by atoms with Crippen molar-refractivity contribution in [3.05, 3.63) is 45.2 Å². The van der Waals surface area contributed by atoms with Gasteiger partial charge in [0, 0.05) is 80.1 Å². The summed E-state index contributed by atoms with van der Waals surface area (Å²) in [5, 5.41) is 37.1. The zero-order valence-electron chi connectivity index (χ0n) is 48.8. The van der Waals surface area contributed by atoms with Gasteiger partial charge in [-0.15, -0.1) is 0 Å². The number of methoxy groups -OCH3 is 2. The van der Waals surface area contributed by atoms with Gasteiger partial charge in [0.05, 0.1) is 67.2 Å². The highest BCUT2D eigenvalue weighted by Gasteiger charge is 2.54. The van der Waals surface area contributed by atoms with Crippen LogP contribution in [-0.2, 0) is 76.6 Å². The van der Waals surface area contributed by atoms with Crippen LogP contribution in [0.3, 0.4) is 0 Å². The molecule has 440 valence electrons. The molecule has 1 aromatic carbocycles. The monoisotopic (exact) mass is 1100 g/mol. The summed E-state index contributed by atoms with van der Waals surface area (Å²) in [5.74, 6) is -5.75. The quantitative estimate of drug-likeness (QED) is 0.114. The van der Waals surface area contributed by atoms with Crippen LogP contribution in [0, 0.1) is 29.1 Å². The van der Waals surface area contributed by atoms with E-state index >= 15 is 0 Å². The first-order chi connectivity index (χ1) is 36.6. The summed E-state index contributed by atoms with van der Waals surface area (Å²) in [6.45, 7) is 21.9. The molecule has 0 bridgehead atoms. The van der Waals surface area contributed by atoms with E-state index in [4.69, 9.17) is 42.6 Å². The summed E-state index contributed by atoms with van der Waals surface area (Å²) in [6, 6.07) is 3.45. The molecule has 1 unspecified atom stereocenters. The molecule has 78 heavy (non-hydrogen) atoms. The number of pyridine rings is 1. The number of aromatic nitrogens is 1. The van der Waals surface area contributed by atoms with Crippen molar-refractivity contribution in [2.45, 2.75) is 213 Å². The molecule has 0 spiro atoms. The van der Waals surface area contributed by atoms with Crippen LogP contribution >= 0.6 is 0 Å². The summed E-state index contributed by atoms with van der Waals surface area (Å²) in [4.78, 5) is 69.7. The number of ketones is 1. The Bertz CT molecular complexity index is 2470. The van der Waals surface area contributed by atoms with Crippen molar-refractivity contribution in [2.24, 2.45) is 29.1 Å². The average molecular weight is 1100 g/mol. The summed E-state index contributed by atoms with van der Waals surface area (Å²) in [5.41, 5.74) is -1.83. The van der Waals surface area contributed by atoms with Crippen LogP contribution in [0.4, 0.5) is 0 Å². The second-order valence-corrected chi connectivity index (χ2v) is 23.9. The third kappa shape index (κ3) is 13.9. The molecule has 0 amide bonds. The first-order valence-electron chi connectivity index (χ1n) is 28.0. The molecule has 2 aromatic rings. The first kappa shape index (κ1) is 63.3. The van der Waals surface area contributed by atoms with Crippen molar-refractivity contribution >= 4 is 34.6 Å². The van der Waals surface area contributed by atoms with Gasteiger partial charge in [0.1, 0.15) is 29.2 Å². The number of carboxylic acids is 1. The standard InChI is InChI=1S/C58H91N3O17/c1-16-42-56(8,9)50(66)33(4)46(63)31(2)27-57(10,70-14)51(78-55-48(65)41(60(12)13)24-32(3)73-55)34(5)49(35(6)54(69)75-42)77-44-28-58(11,71-15)52(36(7)74-44)76-43(62)19-21-59-20-17-18-37-25-38-30-72-23-22-61-29-40(53(67)68)47(64)39(26-37)45(38)61/h25-26,29,31-36,41-42,44,48-52,55,59,65-66H,16-24,27-28,30H2,1-15H3,(H,67,68)/t31-,32-,33+,34+,35-,36+,41+,42-,44+,48-,49+,50?,51-,52+,55+,57-,58-/m1/s1. The number of rotatable bonds is 17. The van der Waals surface area contributed by atoms with Crippen LogP contribution in [0.2, 0.25) is 0 Å². The Morgan fingerprint density at radius 1 is 0.897 bits per heavy atom. The maximum atomic E-state index is 14.7. The van der Waals surface area contributed by atoms with Gasteiger partial charge in [-0.05, 0) is 99.0 Å². The van der Waals surface area contributed by atoms with Crippen LogP contribution in [0.1, 0.15) is 136 Å². The van der Waals surface area contributed by atoms with Crippen LogP contribution in [0.25, 0.3) is 10.9 Å². The molecule has 20 heteroatoms. The van der Waals surface area contributed by atoms with Crippen LogP contribution in [0.15, 0.2) is 23.1 Å². The number of hydrogen-bond donors (Lipinski definition) is 4. The van der Waals surface area contributed by atoms with Gasteiger partial charge in [0.25, 0.3) is 0 Å². The Balaban J connectivity index is 1.19. The van der Waals surface area contributed by atoms with Crippen molar-refractivity contribution in [3.8, 4) is 0 Å². The van der Waals surface area contributed by atoms with Gasteiger partial charge >= 0.3 is 17.9 Å². The third-order valence-corrected chi connectivity index (χ3v) is 17.4. The van der Waals surface area contributed by atoms with E-state index in [9.17, 15) is 39.3 Å². The molecule has 17 atom stereocenters. The molecule has 0 saturated carbocycles. The summed E-state index contributed by atoms with van der Waals surface area (Å²) < 4.78 is 59.4. The number of Topliss-reactive ketones (excluding diaryl/α,β-unsaturated/α-hetero) is 1. The number of carbonyl (C=O) groups is 4. The predicted molar refractivity (Wildman–Crippen MR) is 289 cm³/mol. The Morgan fingerprint density at radius 3 is 2.22 bits per heavy atom. The fraction of sp³-hybridized carbons (Fsp3) is 0.776. The summed E-state index contributed by atoms with van der Waals surface area (Å²) >= 11 is 0. The molecule has 1 aromatic heterocycles. The molecule has 4 aliphatic heterocycles. The second kappa shape index (κ2) is 26.3. The molecule has 4 N–H and O–H groups in total. The number of ether oxygens (including phenoxy) is 9. The molecule has 0 aliphatic carbocycles. The molecule has 0 radical (unpaired) electrons. The van der Waals surface area contributed by atoms with Crippen molar-refractivity contribution in [1.29, 1.82) is 0 Å². The number of aryl methyl sites for hydroxylation is 1. The van der Waals surface area contributed by atoms with Gasteiger partial charge in [-0.2, -0.15) is 0 Å². The lowest BCUT2D eigenvalue weighted by molar-refractivity contribution is -0.320. The van der Waals surface area contributed by atoms with E-state index < -0.39 is 119 Å². The topological polar surface area (TPSA) is 249 Å². The molecule has 5 heterocycles. The lowest BCUT2D eigenvalue weighted by atomic mass is 9.70. The predicted octanol–water partition coefficient (Wildman–Crippen LogP) is 5.42. The largest absolute Gasteiger partial charge is 0.477 e. The van der Waals surface area contributed by atoms with E-state index in [0.29, 0.717) is 69.4 Å². The maximum absolute atomic E-state index is 14.7. The number of benzene rings is 1. The van der Waals surface area contributed by atoms with Gasteiger partial charge in [0.15, 0.2) is 18.7 Å². The summed E-state index contributed by atoms with van der Waals surface area (Å²) in [7, 11) is 6.82. The number of nitrogens with one attached hydrogen (secondary N) is 1. The first-order valence-corrected chi connectivity index (χ1v) is 28.0. The molecule has 6 rings (SSSR count). The number of aliphatic hydroxyl groups is 2. The van der Waals surface area contributed by atoms with Crippen molar-refractivity contribution in [2.75, 3.05) is 48.0 Å². The molecule has 20 nitrogen and oxygen atoms in total. The highest BCUT2D eigenvalue weighted by molar-refractivity contribution is 5.93. The third-order valence-electron chi connectivity index (χ3n) is 17.4. The van der Waals surface area contributed by atoms with Gasteiger partial charge < -0.3 is 72.7 Å². The van der Waals surface area contributed by atoms with Gasteiger partial charge in [-0.3, -0.25) is 19.2 Å². The van der Waals surface area contributed by atoms with Crippen molar-refractivity contribution in [3.63, 3.8) is 0 Å². The summed E-state index contributed by atoms with van der Waals surface area (Å²) in [6.07, 6.45) is -5.33. The van der Waals surface area contributed by atoms with Crippen LogP contribution in [-0.4, -0.2) is 175 Å². The maximum Gasteiger partial charge on any atom is 0.341 e. The molecular weight excluding hydrogens is 1010 g/mol. The molecule has 3 saturated heterocycles. The van der Waals surface area contributed by atoms with Gasteiger partial charge in [-0.1, -0.05) is 47.6 Å². The zero-order valence-corrected chi connectivity index (χ0v) is 48.8. The number of aliphatic hydroxyl groups excluding tert-OH is 2. The van der Waals surface area contributed by atoms with Gasteiger partial charge in [-0.25, -0.2) is 4.79 Å². The number of carbonyl (C=O) groups excluding carboxylic acids is 3. The Labute approximate surface area is 460 Å². The number of esters is 2. The van der Waals surface area contributed by atoms with Crippen LogP contribution < -0.4 is 10.7 Å². The molecular formula is C58H91N3O17. The number of nitrogens with zero attached hydrogens (tertiary/aromatic N) is 2. The number of carboxylic acid groups (broad SMARTS) is 1. The van der Waals surface area contributed by atoms with E-state index in [1.165, 1.54) is 20.4 Å². The van der Waals surface area contributed by atoms with E-state index in [0.717, 1.165) is 11.1 Å². The number of cyclic esters (lactones) is 1. The zero-order chi connectivity index (χ0) is 57.8. The Morgan fingerprint density at radius 2 is 1.58 bits per heavy atom. The average Bonchev–Trinajstić information content (AvgIpc) is 3.68. The molecule has 4 aliphatic rings. The van der Waals surface area contributed by atoms with Crippen LogP contribution in [0.5, 0.6) is 0 Å². The van der Waals surface area contributed by atoms with E-state index in [1.807, 2.05) is 59.7 Å². The highest BCUT2D eigenvalue weighted by Crippen LogP contribution is 2.43. The fourth-order valence-corrected chi connectivity index (χ4v) is 12.6. The van der Waals surface area contributed by atoms with Crippen molar-refractivity contribution < 1.29 is 77.1 Å². The lowest BCUT2D eigenvalue weighted by Gasteiger charge is -2.50. The SMILES string of the molecule is CC[C@H]1OC(=O)[C@H](C)[C@@H](O[C@H]2C[C@@](C)(OC)[C@@H](OC(=O)CCNCCCc3cc4c5c(c3)c(=O)c(C(=O)O)cn5CCOC4)[C@H](C)O2)[C@H](C)[C@@H](O[C@@H]2O[C@H](C)C[C@H](N(C)C)[C@H]2O)[C@](C)(OC)C[C@@H](C)C(=O)[C@H](C)C(O)C1(C)C. The Kier molecular flexibility index (Phi) is 21.3. The van der Waals surface area contributed by atoms with E-state index in [1.54, 1.807) is 52.2 Å². The molecule has 3 fully saturated rings. The van der Waals surface area contributed by atoms with Crippen molar-refractivity contribution in [1.82, 2.24) is 14.8 Å². The van der Waals surface area contributed by atoms with E-state index in [-0.39, 0.29) is 42.8 Å². The smallest absolute Gasteiger partial charge is 0.341 e. The number of likely N-dealkylation sites (N-methyl/N-ethyl adjacent to an activating group) is 1. The number of hydrogen-bond acceptors (Lipinski definition) is 18. The number of aromatic carboxylic acids is 1. The normalized spacial score (nSPS) is 36.2. The fourth-order valence-electron chi connectivity index (χ4n) is 12.6. The second-order valence-electron chi connectivity index (χ2n) is 23.9. The minimum Gasteiger partial charge on any atom is -0.477 e. The Hall–Kier alpha value is -3.93. The minimum absolute atomic E-state index is 0.0416. The lowest BCUT2D eigenvalue weighted by Crippen LogP contribution is -2.61. The highest BCUT2D eigenvalue weighted by atomic mass is 16.7.